The second-order valence-electron chi connectivity index (χ2n) is 6.54. The van der Waals surface area contributed by atoms with Crippen LogP contribution in [-0.2, 0) is 11.2 Å². The van der Waals surface area contributed by atoms with Gasteiger partial charge in [0.2, 0.25) is 0 Å². The lowest BCUT2D eigenvalue weighted by atomic mass is 9.98. The van der Waals surface area contributed by atoms with Crippen molar-refractivity contribution < 1.29 is 9.53 Å². The third-order valence-electron chi connectivity index (χ3n) is 4.68. The Morgan fingerprint density at radius 2 is 2.28 bits per heavy atom. The minimum atomic E-state index is 0.0321. The van der Waals surface area contributed by atoms with E-state index in [1.54, 1.807) is 18.5 Å². The van der Waals surface area contributed by atoms with Crippen molar-refractivity contribution in [3.05, 3.63) is 66.1 Å². The van der Waals surface area contributed by atoms with E-state index in [1.165, 1.54) is 10.9 Å². The van der Waals surface area contributed by atoms with Crippen LogP contribution in [0.1, 0.15) is 15.9 Å². The smallest absolute Gasteiger partial charge is 0.255 e. The first-order valence-electron chi connectivity index (χ1n) is 8.62. The van der Waals surface area contributed by atoms with E-state index in [9.17, 15) is 4.79 Å². The normalized spacial score (nSPS) is 18.2. The number of nitrogens with zero attached hydrogens (tertiary/aromatic N) is 2. The van der Waals surface area contributed by atoms with Gasteiger partial charge in [0.25, 0.3) is 5.91 Å². The molecule has 1 saturated heterocycles. The number of nitrogens with one attached hydrogen (secondary N) is 1. The Morgan fingerprint density at radius 3 is 3.16 bits per heavy atom. The van der Waals surface area contributed by atoms with Gasteiger partial charge >= 0.3 is 0 Å². The van der Waals surface area contributed by atoms with E-state index < -0.39 is 0 Å². The van der Waals surface area contributed by atoms with Crippen LogP contribution >= 0.6 is 0 Å². The van der Waals surface area contributed by atoms with Crippen molar-refractivity contribution in [3.8, 4) is 0 Å². The van der Waals surface area contributed by atoms with Crippen LogP contribution in [0.3, 0.4) is 0 Å². The molecule has 5 nitrogen and oxygen atoms in total. The fraction of sp³-hybridized carbons (Fsp3) is 0.300. The number of pyridine rings is 1. The average Bonchev–Trinajstić information content (AvgIpc) is 2.99. The van der Waals surface area contributed by atoms with Gasteiger partial charge in [0.05, 0.1) is 18.8 Å². The predicted octanol–water partition coefficient (Wildman–Crippen LogP) is 2.89. The van der Waals surface area contributed by atoms with Crippen molar-refractivity contribution in [1.82, 2.24) is 14.9 Å². The predicted molar refractivity (Wildman–Crippen MR) is 96.5 cm³/mol. The number of carbonyl (C=O) groups is 1. The minimum absolute atomic E-state index is 0.0321. The highest BCUT2D eigenvalue weighted by Crippen LogP contribution is 2.19. The summed E-state index contributed by atoms with van der Waals surface area (Å²) in [7, 11) is 0. The van der Waals surface area contributed by atoms with Crippen molar-refractivity contribution in [2.24, 2.45) is 5.92 Å². The van der Waals surface area contributed by atoms with Gasteiger partial charge in [-0.15, -0.1) is 0 Å². The molecule has 1 fully saturated rings. The maximum Gasteiger partial charge on any atom is 0.255 e. The molecule has 1 amide bonds. The van der Waals surface area contributed by atoms with Gasteiger partial charge in [-0.1, -0.05) is 6.07 Å². The molecule has 3 aromatic rings. The molecule has 128 valence electrons. The van der Waals surface area contributed by atoms with E-state index in [0.29, 0.717) is 37.8 Å². The number of rotatable bonds is 3. The second-order valence-corrected chi connectivity index (χ2v) is 6.54. The Morgan fingerprint density at radius 1 is 1.32 bits per heavy atom. The van der Waals surface area contributed by atoms with Crippen molar-refractivity contribution in [2.45, 2.75) is 6.42 Å². The number of aromatic nitrogens is 2. The number of hydrogen-bond donors (Lipinski definition) is 1. The first-order valence-corrected chi connectivity index (χ1v) is 8.62. The van der Waals surface area contributed by atoms with Gasteiger partial charge in [-0.25, -0.2) is 0 Å². The summed E-state index contributed by atoms with van der Waals surface area (Å²) in [5.41, 5.74) is 3.06. The van der Waals surface area contributed by atoms with Gasteiger partial charge < -0.3 is 14.6 Å². The number of hydrogen-bond acceptors (Lipinski definition) is 3. The number of fused-ring (bicyclic) bond motifs is 1. The Labute approximate surface area is 146 Å². The largest absolute Gasteiger partial charge is 0.379 e. The van der Waals surface area contributed by atoms with E-state index in [-0.39, 0.29) is 5.91 Å². The first kappa shape index (κ1) is 15.8. The number of amides is 1. The summed E-state index contributed by atoms with van der Waals surface area (Å²) >= 11 is 0. The van der Waals surface area contributed by atoms with Gasteiger partial charge in [-0.05, 0) is 47.7 Å². The quantitative estimate of drug-likeness (QED) is 0.801. The maximum absolute atomic E-state index is 12.7. The van der Waals surface area contributed by atoms with Crippen LogP contribution in [0.15, 0.2) is 55.0 Å². The summed E-state index contributed by atoms with van der Waals surface area (Å²) in [6, 6.07) is 12.2. The van der Waals surface area contributed by atoms with E-state index in [2.05, 4.69) is 34.2 Å². The molecule has 1 atom stereocenters. The fourth-order valence-electron chi connectivity index (χ4n) is 3.42. The SMILES string of the molecule is O=C(c1cccnc1)N1CCOC[C@@H](Cc2ccc3[nH]ccc3c2)C1. The third-order valence-corrected chi connectivity index (χ3v) is 4.68. The molecule has 2 aromatic heterocycles. The van der Waals surface area contributed by atoms with Crippen molar-refractivity contribution in [1.29, 1.82) is 0 Å². The van der Waals surface area contributed by atoms with E-state index >= 15 is 0 Å². The Kier molecular flexibility index (Phi) is 4.48. The zero-order valence-electron chi connectivity index (χ0n) is 14.0. The second kappa shape index (κ2) is 7.07. The molecule has 0 saturated carbocycles. The molecule has 25 heavy (non-hydrogen) atoms. The molecule has 1 aliphatic heterocycles. The van der Waals surface area contributed by atoms with E-state index in [0.717, 1.165) is 11.9 Å². The molecule has 1 aliphatic rings. The van der Waals surface area contributed by atoms with Gasteiger partial charge in [0.1, 0.15) is 0 Å². The molecule has 1 N–H and O–H groups in total. The third kappa shape index (κ3) is 3.56. The fourth-order valence-corrected chi connectivity index (χ4v) is 3.42. The standard InChI is InChI=1S/C20H21N3O2/c24-20(18-2-1-6-21-12-18)23-8-9-25-14-16(13-23)10-15-3-4-19-17(11-15)5-7-22-19/h1-7,11-12,16,22H,8-10,13-14H2/t16-/m0/s1. The van der Waals surface area contributed by atoms with Crippen molar-refractivity contribution in [2.75, 3.05) is 26.3 Å². The van der Waals surface area contributed by atoms with Gasteiger partial charge in [0, 0.05) is 43.1 Å². The number of carbonyl (C=O) groups excluding carboxylic acids is 1. The van der Waals surface area contributed by atoms with Crippen LogP contribution in [-0.4, -0.2) is 47.1 Å². The lowest BCUT2D eigenvalue weighted by Gasteiger charge is -2.23. The van der Waals surface area contributed by atoms with Gasteiger partial charge in [-0.2, -0.15) is 0 Å². The molecular weight excluding hydrogens is 314 g/mol. The van der Waals surface area contributed by atoms with Crippen LogP contribution in [0, 0.1) is 5.92 Å². The highest BCUT2D eigenvalue weighted by molar-refractivity contribution is 5.93. The van der Waals surface area contributed by atoms with Crippen LogP contribution < -0.4 is 0 Å². The summed E-state index contributed by atoms with van der Waals surface area (Å²) in [6.45, 7) is 2.60. The number of H-pyrrole nitrogens is 1. The number of benzene rings is 1. The molecule has 1 aromatic carbocycles. The lowest BCUT2D eigenvalue weighted by Crippen LogP contribution is -2.36. The molecule has 3 heterocycles. The molecule has 5 heteroatoms. The topological polar surface area (TPSA) is 58.2 Å². The molecule has 0 unspecified atom stereocenters. The monoisotopic (exact) mass is 335 g/mol. The molecule has 0 spiro atoms. The number of aromatic amines is 1. The summed E-state index contributed by atoms with van der Waals surface area (Å²) in [5.74, 6) is 0.323. The highest BCUT2D eigenvalue weighted by atomic mass is 16.5. The van der Waals surface area contributed by atoms with E-state index in [4.69, 9.17) is 4.74 Å². The Balaban J connectivity index is 1.48. The highest BCUT2D eigenvalue weighted by Gasteiger charge is 2.23. The van der Waals surface area contributed by atoms with Gasteiger partial charge in [0.15, 0.2) is 0 Å². The van der Waals surface area contributed by atoms with Crippen molar-refractivity contribution in [3.63, 3.8) is 0 Å². The lowest BCUT2D eigenvalue weighted by molar-refractivity contribution is 0.0737. The van der Waals surface area contributed by atoms with Crippen LogP contribution in [0.5, 0.6) is 0 Å². The van der Waals surface area contributed by atoms with Crippen LogP contribution in [0.4, 0.5) is 0 Å². The average molecular weight is 335 g/mol. The minimum Gasteiger partial charge on any atom is -0.379 e. The van der Waals surface area contributed by atoms with Crippen LogP contribution in [0.25, 0.3) is 10.9 Å². The zero-order valence-corrected chi connectivity index (χ0v) is 14.0. The maximum atomic E-state index is 12.7. The van der Waals surface area contributed by atoms with Gasteiger partial charge in [-0.3, -0.25) is 9.78 Å². The number of ether oxygens (including phenoxy) is 1. The summed E-state index contributed by atoms with van der Waals surface area (Å²) in [4.78, 5) is 21.9. The van der Waals surface area contributed by atoms with E-state index in [1.807, 2.05) is 17.2 Å². The summed E-state index contributed by atoms with van der Waals surface area (Å²) in [6.07, 6.45) is 6.17. The van der Waals surface area contributed by atoms with Crippen molar-refractivity contribution >= 4 is 16.8 Å². The molecular formula is C20H21N3O2. The van der Waals surface area contributed by atoms with Crippen LogP contribution in [0.2, 0.25) is 0 Å². The first-order chi connectivity index (χ1) is 12.3. The summed E-state index contributed by atoms with van der Waals surface area (Å²) < 4.78 is 5.75. The molecule has 0 aliphatic carbocycles. The molecule has 0 bridgehead atoms. The Hall–Kier alpha value is -2.66. The molecule has 0 radical (unpaired) electrons. The molecule has 4 rings (SSSR count). The summed E-state index contributed by atoms with van der Waals surface area (Å²) in [5, 5.41) is 1.22. The Bertz CT molecular complexity index is 860. The zero-order chi connectivity index (χ0) is 17.1.